The van der Waals surface area contributed by atoms with Crippen LogP contribution in [-0.2, 0) is 14.3 Å². The van der Waals surface area contributed by atoms with Crippen LogP contribution in [0.1, 0.15) is 29.6 Å². The molecule has 0 saturated heterocycles. The normalized spacial score (nSPS) is 10.2. The van der Waals surface area contributed by atoms with Crippen LogP contribution in [0.15, 0.2) is 48.5 Å². The lowest BCUT2D eigenvalue weighted by atomic mass is 10.1. The second-order valence-corrected chi connectivity index (χ2v) is 5.94. The number of esters is 1. The van der Waals surface area contributed by atoms with Gasteiger partial charge in [-0.1, -0.05) is 17.7 Å². The first-order valence-electron chi connectivity index (χ1n) is 7.94. The number of nitrogens with one attached hydrogen (secondary N) is 1. The van der Waals surface area contributed by atoms with E-state index in [4.69, 9.17) is 16.3 Å². The number of benzene rings is 2. The number of carbonyl (C=O) groups is 3. The van der Waals surface area contributed by atoms with Gasteiger partial charge in [0.05, 0.1) is 0 Å². The number of hydrogen-bond donors (Lipinski definition) is 1. The van der Waals surface area contributed by atoms with Gasteiger partial charge in [0.15, 0.2) is 12.4 Å². The molecule has 0 fully saturated rings. The Morgan fingerprint density at radius 3 is 2.46 bits per heavy atom. The number of carbonyl (C=O) groups excluding carboxylic acids is 3. The molecule has 0 aliphatic carbocycles. The average molecular weight is 378 g/mol. The Kier molecular flexibility index (Phi) is 7.29. The summed E-state index contributed by atoms with van der Waals surface area (Å²) < 4.78 is 17.7. The zero-order valence-electron chi connectivity index (χ0n) is 13.8. The molecular weight excluding hydrogens is 361 g/mol. The fourth-order valence-electron chi connectivity index (χ4n) is 2.12. The van der Waals surface area contributed by atoms with Crippen molar-refractivity contribution in [1.82, 2.24) is 0 Å². The number of ketones is 1. The van der Waals surface area contributed by atoms with Crippen LogP contribution in [0.25, 0.3) is 0 Å². The second-order valence-electron chi connectivity index (χ2n) is 5.50. The Morgan fingerprint density at radius 1 is 1.04 bits per heavy atom. The minimum Gasteiger partial charge on any atom is -0.457 e. The van der Waals surface area contributed by atoms with Crippen LogP contribution in [0.5, 0.6) is 0 Å². The summed E-state index contributed by atoms with van der Waals surface area (Å²) in [6.07, 6.45) is 0.434. The van der Waals surface area contributed by atoms with Gasteiger partial charge in [-0.3, -0.25) is 14.4 Å². The molecular formula is C19H17ClFNO4. The summed E-state index contributed by atoms with van der Waals surface area (Å²) in [4.78, 5) is 35.2. The van der Waals surface area contributed by atoms with Gasteiger partial charge in [0, 0.05) is 29.1 Å². The van der Waals surface area contributed by atoms with Gasteiger partial charge >= 0.3 is 5.97 Å². The van der Waals surface area contributed by atoms with E-state index in [0.29, 0.717) is 10.7 Å². The number of anilines is 1. The largest absolute Gasteiger partial charge is 0.457 e. The van der Waals surface area contributed by atoms with Gasteiger partial charge < -0.3 is 10.1 Å². The molecule has 2 aromatic carbocycles. The molecule has 26 heavy (non-hydrogen) atoms. The van der Waals surface area contributed by atoms with Crippen LogP contribution in [0, 0.1) is 5.82 Å². The summed E-state index contributed by atoms with van der Waals surface area (Å²) in [6, 6.07) is 11.7. The summed E-state index contributed by atoms with van der Waals surface area (Å²) >= 11 is 5.83. The Bertz CT molecular complexity index is 792. The highest BCUT2D eigenvalue weighted by Crippen LogP contribution is 2.15. The highest BCUT2D eigenvalue weighted by Gasteiger charge is 2.11. The van der Waals surface area contributed by atoms with E-state index in [2.05, 4.69) is 5.32 Å². The predicted molar refractivity (Wildman–Crippen MR) is 95.6 cm³/mol. The van der Waals surface area contributed by atoms with Crippen molar-refractivity contribution in [1.29, 1.82) is 0 Å². The van der Waals surface area contributed by atoms with Crippen LogP contribution in [0.2, 0.25) is 5.02 Å². The molecule has 0 heterocycles. The topological polar surface area (TPSA) is 72.5 Å². The van der Waals surface area contributed by atoms with E-state index in [-0.39, 0.29) is 30.7 Å². The third-order valence-corrected chi connectivity index (χ3v) is 3.66. The molecule has 1 N–H and O–H groups in total. The van der Waals surface area contributed by atoms with Crippen molar-refractivity contribution in [3.05, 3.63) is 64.9 Å². The summed E-state index contributed by atoms with van der Waals surface area (Å²) in [5.41, 5.74) is 0.843. The maximum Gasteiger partial charge on any atom is 0.306 e. The Balaban J connectivity index is 1.66. The smallest absolute Gasteiger partial charge is 0.306 e. The molecule has 0 aliphatic heterocycles. The molecule has 0 aliphatic rings. The lowest BCUT2D eigenvalue weighted by Crippen LogP contribution is -2.15. The molecule has 0 radical (unpaired) electrons. The van der Waals surface area contributed by atoms with Gasteiger partial charge in [-0.15, -0.1) is 0 Å². The van der Waals surface area contributed by atoms with Gasteiger partial charge in [-0.05, 0) is 48.9 Å². The van der Waals surface area contributed by atoms with E-state index in [1.807, 2.05) is 0 Å². The van der Waals surface area contributed by atoms with E-state index >= 15 is 0 Å². The van der Waals surface area contributed by atoms with E-state index < -0.39 is 24.2 Å². The first-order chi connectivity index (χ1) is 12.4. The van der Waals surface area contributed by atoms with Crippen molar-refractivity contribution in [3.63, 3.8) is 0 Å². The maximum absolute atomic E-state index is 12.8. The van der Waals surface area contributed by atoms with Crippen LogP contribution < -0.4 is 5.32 Å². The summed E-state index contributed by atoms with van der Waals surface area (Å²) in [6.45, 7) is -0.417. The van der Waals surface area contributed by atoms with Gasteiger partial charge in [-0.2, -0.15) is 0 Å². The molecule has 1 amide bonds. The number of rotatable bonds is 8. The lowest BCUT2D eigenvalue weighted by Gasteiger charge is -2.06. The quantitative estimate of drug-likeness (QED) is 0.557. The molecule has 0 atom stereocenters. The van der Waals surface area contributed by atoms with Crippen molar-refractivity contribution in [2.75, 3.05) is 11.9 Å². The van der Waals surface area contributed by atoms with Crippen molar-refractivity contribution < 1.29 is 23.5 Å². The van der Waals surface area contributed by atoms with E-state index in [9.17, 15) is 18.8 Å². The number of halogens is 2. The molecule has 0 aromatic heterocycles. The summed E-state index contributed by atoms with van der Waals surface area (Å²) in [7, 11) is 0. The van der Waals surface area contributed by atoms with Gasteiger partial charge in [0.25, 0.3) is 0 Å². The van der Waals surface area contributed by atoms with E-state index in [1.165, 1.54) is 12.1 Å². The van der Waals surface area contributed by atoms with Crippen LogP contribution in [0.3, 0.4) is 0 Å². The molecule has 2 aromatic rings. The second kappa shape index (κ2) is 9.68. The van der Waals surface area contributed by atoms with E-state index in [0.717, 1.165) is 12.1 Å². The Labute approximate surface area is 155 Å². The number of ether oxygens (including phenoxy) is 1. The van der Waals surface area contributed by atoms with Crippen LogP contribution >= 0.6 is 11.6 Å². The van der Waals surface area contributed by atoms with Crippen molar-refractivity contribution in [2.45, 2.75) is 19.3 Å². The van der Waals surface area contributed by atoms with Crippen molar-refractivity contribution in [2.24, 2.45) is 0 Å². The van der Waals surface area contributed by atoms with Crippen molar-refractivity contribution in [3.8, 4) is 0 Å². The Hall–Kier alpha value is -2.73. The van der Waals surface area contributed by atoms with Gasteiger partial charge in [0.1, 0.15) is 5.82 Å². The first-order valence-corrected chi connectivity index (χ1v) is 8.31. The van der Waals surface area contributed by atoms with Crippen LogP contribution in [-0.4, -0.2) is 24.3 Å². The lowest BCUT2D eigenvalue weighted by molar-refractivity contribution is -0.142. The molecule has 0 bridgehead atoms. The number of hydrogen-bond acceptors (Lipinski definition) is 4. The van der Waals surface area contributed by atoms with Gasteiger partial charge in [-0.25, -0.2) is 4.39 Å². The fourth-order valence-corrected chi connectivity index (χ4v) is 2.31. The molecule has 5 nitrogen and oxygen atoms in total. The average Bonchev–Trinajstić information content (AvgIpc) is 2.60. The van der Waals surface area contributed by atoms with Gasteiger partial charge in [0.2, 0.25) is 5.91 Å². The summed E-state index contributed by atoms with van der Waals surface area (Å²) in [5, 5.41) is 3.18. The molecule has 0 saturated carbocycles. The third-order valence-electron chi connectivity index (χ3n) is 3.42. The molecule has 2 rings (SSSR count). The third kappa shape index (κ3) is 6.64. The van der Waals surface area contributed by atoms with Crippen molar-refractivity contribution >= 4 is 34.9 Å². The Morgan fingerprint density at radius 2 is 1.77 bits per heavy atom. The fraction of sp³-hybridized carbons (Fsp3) is 0.211. The highest BCUT2D eigenvalue weighted by molar-refractivity contribution is 6.30. The standard InChI is InChI=1S/C19H17ClFNO4/c20-14-3-1-4-16(11-14)22-18(24)5-2-6-19(25)26-12-17(23)13-7-9-15(21)10-8-13/h1,3-4,7-11H,2,5-6,12H2,(H,22,24). The number of Topliss-reactive ketones (excluding diaryl/α,β-unsaturated/α-hetero) is 1. The molecule has 0 spiro atoms. The zero-order valence-corrected chi connectivity index (χ0v) is 14.6. The monoisotopic (exact) mass is 377 g/mol. The van der Waals surface area contributed by atoms with Crippen LogP contribution in [0.4, 0.5) is 10.1 Å². The SMILES string of the molecule is O=C(CCCC(=O)OCC(=O)c1ccc(F)cc1)Nc1cccc(Cl)c1. The molecule has 136 valence electrons. The predicted octanol–water partition coefficient (Wildman–Crippen LogP) is 4.01. The maximum atomic E-state index is 12.8. The summed E-state index contributed by atoms with van der Waals surface area (Å²) in [5.74, 6) is -1.69. The molecule has 7 heteroatoms. The zero-order chi connectivity index (χ0) is 18.9. The van der Waals surface area contributed by atoms with E-state index in [1.54, 1.807) is 24.3 Å². The minimum atomic E-state index is -0.573. The highest BCUT2D eigenvalue weighted by atomic mass is 35.5. The molecule has 0 unspecified atom stereocenters. The number of amides is 1. The minimum absolute atomic E-state index is 0.0136. The first kappa shape index (κ1) is 19.6.